The Morgan fingerprint density at radius 1 is 1.25 bits per heavy atom. The first-order valence-electron chi connectivity index (χ1n) is 5.30. The van der Waals surface area contributed by atoms with Gasteiger partial charge in [0.2, 0.25) is 0 Å². The van der Waals surface area contributed by atoms with Crippen molar-refractivity contribution in [2.75, 3.05) is 19.5 Å². The molecule has 0 radical (unpaired) electrons. The van der Waals surface area contributed by atoms with Crippen LogP contribution in [0.2, 0.25) is 0 Å². The van der Waals surface area contributed by atoms with Crippen LogP contribution in [0.3, 0.4) is 0 Å². The highest BCUT2D eigenvalue weighted by Gasteiger charge is 2.10. The second-order valence-corrected chi connectivity index (χ2v) is 3.80. The van der Waals surface area contributed by atoms with Crippen molar-refractivity contribution in [1.82, 2.24) is 4.98 Å². The Labute approximate surface area is 95.5 Å². The lowest BCUT2D eigenvalue weighted by Crippen LogP contribution is -1.99. The number of aromatic nitrogens is 1. The van der Waals surface area contributed by atoms with E-state index in [0.29, 0.717) is 0 Å². The third kappa shape index (κ3) is 1.48. The van der Waals surface area contributed by atoms with Gasteiger partial charge in [0, 0.05) is 23.8 Å². The summed E-state index contributed by atoms with van der Waals surface area (Å²) in [6.07, 6.45) is 0. The van der Waals surface area contributed by atoms with Crippen LogP contribution in [0.1, 0.15) is 11.3 Å². The summed E-state index contributed by atoms with van der Waals surface area (Å²) in [5.41, 5.74) is 4.25. The van der Waals surface area contributed by atoms with Crippen LogP contribution in [0.4, 0.5) is 5.69 Å². The van der Waals surface area contributed by atoms with E-state index in [-0.39, 0.29) is 0 Å². The van der Waals surface area contributed by atoms with Crippen molar-refractivity contribution in [2.45, 2.75) is 13.8 Å². The fourth-order valence-corrected chi connectivity index (χ4v) is 1.96. The van der Waals surface area contributed by atoms with Crippen LogP contribution in [0, 0.1) is 13.8 Å². The SMILES string of the molecule is CNc1c(C)c(C)nc2c(OC)cccc12. The summed E-state index contributed by atoms with van der Waals surface area (Å²) < 4.78 is 5.33. The van der Waals surface area contributed by atoms with Crippen molar-refractivity contribution in [3.8, 4) is 5.75 Å². The number of para-hydroxylation sites is 1. The number of aryl methyl sites for hydroxylation is 1. The van der Waals surface area contributed by atoms with Crippen molar-refractivity contribution in [2.24, 2.45) is 0 Å². The highest BCUT2D eigenvalue weighted by molar-refractivity contribution is 5.96. The zero-order valence-corrected chi connectivity index (χ0v) is 10.1. The Morgan fingerprint density at radius 2 is 2.00 bits per heavy atom. The molecule has 1 aromatic carbocycles. The van der Waals surface area contributed by atoms with E-state index in [4.69, 9.17) is 4.74 Å². The molecule has 0 spiro atoms. The van der Waals surface area contributed by atoms with E-state index in [1.54, 1.807) is 7.11 Å². The van der Waals surface area contributed by atoms with Crippen molar-refractivity contribution in [1.29, 1.82) is 0 Å². The number of methoxy groups -OCH3 is 1. The lowest BCUT2D eigenvalue weighted by atomic mass is 10.1. The summed E-state index contributed by atoms with van der Waals surface area (Å²) in [5.74, 6) is 0.817. The first-order valence-corrected chi connectivity index (χ1v) is 5.30. The summed E-state index contributed by atoms with van der Waals surface area (Å²) in [7, 11) is 3.60. The molecule has 0 aliphatic rings. The molecule has 0 bridgehead atoms. The van der Waals surface area contributed by atoms with Gasteiger partial charge in [0.05, 0.1) is 7.11 Å². The summed E-state index contributed by atoms with van der Waals surface area (Å²) in [6, 6.07) is 5.98. The molecule has 0 unspecified atom stereocenters. The average molecular weight is 216 g/mol. The molecule has 0 fully saturated rings. The maximum absolute atomic E-state index is 5.33. The lowest BCUT2D eigenvalue weighted by molar-refractivity contribution is 0.419. The molecule has 1 N–H and O–H groups in total. The molecule has 1 heterocycles. The number of hydrogen-bond donors (Lipinski definition) is 1. The number of fused-ring (bicyclic) bond motifs is 1. The molecular formula is C13H16N2O. The Bertz CT molecular complexity index is 535. The summed E-state index contributed by atoms with van der Waals surface area (Å²) in [4.78, 5) is 4.59. The zero-order chi connectivity index (χ0) is 11.7. The number of anilines is 1. The topological polar surface area (TPSA) is 34.2 Å². The highest BCUT2D eigenvalue weighted by atomic mass is 16.5. The number of rotatable bonds is 2. The van der Waals surface area contributed by atoms with E-state index >= 15 is 0 Å². The van der Waals surface area contributed by atoms with Gasteiger partial charge in [-0.2, -0.15) is 0 Å². The molecule has 0 amide bonds. The third-order valence-electron chi connectivity index (χ3n) is 2.94. The normalized spacial score (nSPS) is 10.5. The van der Waals surface area contributed by atoms with Crippen molar-refractivity contribution >= 4 is 16.6 Å². The maximum Gasteiger partial charge on any atom is 0.145 e. The van der Waals surface area contributed by atoms with Crippen LogP contribution in [0.5, 0.6) is 5.75 Å². The van der Waals surface area contributed by atoms with E-state index < -0.39 is 0 Å². The molecule has 1 aromatic heterocycles. The standard InChI is InChI=1S/C13H16N2O/c1-8-9(2)15-13-10(12(8)14-3)6-5-7-11(13)16-4/h5-7H,1-4H3,(H,14,15). The van der Waals surface area contributed by atoms with Gasteiger partial charge >= 0.3 is 0 Å². The zero-order valence-electron chi connectivity index (χ0n) is 10.1. The van der Waals surface area contributed by atoms with Crippen molar-refractivity contribution < 1.29 is 4.74 Å². The molecule has 2 aromatic rings. The van der Waals surface area contributed by atoms with Gasteiger partial charge in [-0.05, 0) is 25.5 Å². The third-order valence-corrected chi connectivity index (χ3v) is 2.94. The quantitative estimate of drug-likeness (QED) is 0.838. The summed E-state index contributed by atoms with van der Waals surface area (Å²) >= 11 is 0. The fraction of sp³-hybridized carbons (Fsp3) is 0.308. The van der Waals surface area contributed by atoms with Crippen LogP contribution in [0.15, 0.2) is 18.2 Å². The smallest absolute Gasteiger partial charge is 0.145 e. The maximum atomic E-state index is 5.33. The Hall–Kier alpha value is -1.77. The number of ether oxygens (including phenoxy) is 1. The fourth-order valence-electron chi connectivity index (χ4n) is 1.96. The monoisotopic (exact) mass is 216 g/mol. The summed E-state index contributed by atoms with van der Waals surface area (Å²) in [5, 5.41) is 4.34. The number of nitrogens with zero attached hydrogens (tertiary/aromatic N) is 1. The second-order valence-electron chi connectivity index (χ2n) is 3.80. The van der Waals surface area contributed by atoms with E-state index in [1.807, 2.05) is 26.1 Å². The van der Waals surface area contributed by atoms with Crippen molar-refractivity contribution in [3.05, 3.63) is 29.5 Å². The molecule has 0 aliphatic carbocycles. The Balaban J connectivity index is 2.89. The van der Waals surface area contributed by atoms with E-state index in [0.717, 1.165) is 28.0 Å². The second kappa shape index (κ2) is 4.00. The van der Waals surface area contributed by atoms with Gasteiger partial charge in [-0.25, -0.2) is 4.98 Å². The molecular weight excluding hydrogens is 200 g/mol. The van der Waals surface area contributed by atoms with Gasteiger partial charge < -0.3 is 10.1 Å². The number of nitrogens with one attached hydrogen (secondary N) is 1. The van der Waals surface area contributed by atoms with Gasteiger partial charge in [0.25, 0.3) is 0 Å². The molecule has 16 heavy (non-hydrogen) atoms. The van der Waals surface area contributed by atoms with Crippen molar-refractivity contribution in [3.63, 3.8) is 0 Å². The molecule has 0 saturated carbocycles. The Morgan fingerprint density at radius 3 is 2.62 bits per heavy atom. The molecule has 0 aliphatic heterocycles. The van der Waals surface area contributed by atoms with Crippen LogP contribution in [-0.4, -0.2) is 19.1 Å². The molecule has 3 heteroatoms. The molecule has 3 nitrogen and oxygen atoms in total. The number of benzene rings is 1. The predicted octanol–water partition coefficient (Wildman–Crippen LogP) is 2.90. The minimum Gasteiger partial charge on any atom is -0.494 e. The van der Waals surface area contributed by atoms with Gasteiger partial charge in [0.15, 0.2) is 0 Å². The first-order chi connectivity index (χ1) is 7.69. The van der Waals surface area contributed by atoms with E-state index in [1.165, 1.54) is 5.56 Å². The van der Waals surface area contributed by atoms with Crippen LogP contribution in [0.25, 0.3) is 10.9 Å². The van der Waals surface area contributed by atoms with Gasteiger partial charge in [-0.1, -0.05) is 12.1 Å². The average Bonchev–Trinajstić information content (AvgIpc) is 2.30. The van der Waals surface area contributed by atoms with Crippen LogP contribution in [-0.2, 0) is 0 Å². The minimum absolute atomic E-state index is 0.817. The molecule has 0 saturated heterocycles. The van der Waals surface area contributed by atoms with Gasteiger partial charge in [0.1, 0.15) is 11.3 Å². The molecule has 2 rings (SSSR count). The highest BCUT2D eigenvalue weighted by Crippen LogP contribution is 2.32. The number of hydrogen-bond acceptors (Lipinski definition) is 3. The van der Waals surface area contributed by atoms with E-state index in [9.17, 15) is 0 Å². The van der Waals surface area contributed by atoms with E-state index in [2.05, 4.69) is 23.3 Å². The minimum atomic E-state index is 0.817. The van der Waals surface area contributed by atoms with Gasteiger partial charge in [-0.3, -0.25) is 0 Å². The largest absolute Gasteiger partial charge is 0.494 e. The Kier molecular flexibility index (Phi) is 2.69. The lowest BCUT2D eigenvalue weighted by Gasteiger charge is -2.13. The first kappa shape index (κ1) is 10.7. The predicted molar refractivity (Wildman–Crippen MR) is 67.3 cm³/mol. The molecule has 84 valence electrons. The van der Waals surface area contributed by atoms with Crippen LogP contribution < -0.4 is 10.1 Å². The number of pyridine rings is 1. The van der Waals surface area contributed by atoms with Gasteiger partial charge in [-0.15, -0.1) is 0 Å². The van der Waals surface area contributed by atoms with Crippen LogP contribution >= 0.6 is 0 Å². The molecule has 0 atom stereocenters. The summed E-state index contributed by atoms with van der Waals surface area (Å²) in [6.45, 7) is 4.09.